The molecule has 4 fully saturated rings. The minimum Gasteiger partial charge on any atom is -0.298 e. The Kier molecular flexibility index (Phi) is 3.00. The fourth-order valence-electron chi connectivity index (χ4n) is 6.48. The summed E-state index contributed by atoms with van der Waals surface area (Å²) in [7, 11) is 0. The first-order valence-corrected chi connectivity index (χ1v) is 10.2. The van der Waals surface area contributed by atoms with Gasteiger partial charge in [-0.05, 0) is 48.3 Å². The van der Waals surface area contributed by atoms with E-state index in [1.165, 1.54) is 0 Å². The van der Waals surface area contributed by atoms with Gasteiger partial charge in [0.25, 0.3) is 0 Å². The van der Waals surface area contributed by atoms with Gasteiger partial charge in [-0.3, -0.25) is 9.59 Å². The summed E-state index contributed by atoms with van der Waals surface area (Å²) in [5.41, 5.74) is -0.172. The number of rotatable bonds is 2. The Bertz CT molecular complexity index is 555. The van der Waals surface area contributed by atoms with Crippen LogP contribution >= 0.6 is 11.8 Å². The molecule has 0 unspecified atom stereocenters. The molecule has 4 aliphatic carbocycles. The average Bonchev–Trinajstić information content (AvgIpc) is 2.93. The van der Waals surface area contributed by atoms with Gasteiger partial charge in [0, 0.05) is 10.8 Å². The van der Waals surface area contributed by atoms with Gasteiger partial charge in [0.2, 0.25) is 0 Å². The maximum Gasteiger partial charge on any atom is 0.152 e. The first-order chi connectivity index (χ1) is 10.5. The Morgan fingerprint density at radius 2 is 1.09 bits per heavy atom. The molecule has 23 heavy (non-hydrogen) atoms. The third-order valence-electron chi connectivity index (χ3n) is 9.24. The molecule has 4 rings (SSSR count). The molecule has 0 aromatic heterocycles. The largest absolute Gasteiger partial charge is 0.298 e. The van der Waals surface area contributed by atoms with Crippen LogP contribution in [0.15, 0.2) is 0 Å². The van der Waals surface area contributed by atoms with Crippen LogP contribution in [0.25, 0.3) is 0 Å². The lowest BCUT2D eigenvalue weighted by Crippen LogP contribution is -2.37. The highest BCUT2D eigenvalue weighted by atomic mass is 32.2. The van der Waals surface area contributed by atoms with Crippen LogP contribution in [0.1, 0.15) is 67.2 Å². The quantitative estimate of drug-likeness (QED) is 0.745. The van der Waals surface area contributed by atoms with Gasteiger partial charge in [0.1, 0.15) is 0 Å². The van der Waals surface area contributed by atoms with Crippen molar-refractivity contribution in [1.29, 1.82) is 0 Å². The van der Waals surface area contributed by atoms with Crippen molar-refractivity contribution in [1.82, 2.24) is 0 Å². The zero-order valence-electron chi connectivity index (χ0n) is 15.4. The van der Waals surface area contributed by atoms with E-state index in [-0.39, 0.29) is 32.2 Å². The van der Waals surface area contributed by atoms with Gasteiger partial charge in [0.15, 0.2) is 11.6 Å². The highest BCUT2D eigenvalue weighted by Crippen LogP contribution is 2.70. The Balaban J connectivity index is 1.64. The summed E-state index contributed by atoms with van der Waals surface area (Å²) >= 11 is 1.76. The summed E-state index contributed by atoms with van der Waals surface area (Å²) in [5.74, 6) is 1.77. The van der Waals surface area contributed by atoms with E-state index in [1.54, 1.807) is 11.8 Å². The fourth-order valence-corrected chi connectivity index (χ4v) is 8.89. The zero-order valence-corrected chi connectivity index (χ0v) is 16.2. The normalized spacial score (nSPS) is 52.6. The van der Waals surface area contributed by atoms with Crippen LogP contribution in [-0.2, 0) is 9.59 Å². The van der Waals surface area contributed by atoms with Gasteiger partial charge in [-0.2, -0.15) is 0 Å². The Morgan fingerprint density at radius 3 is 1.35 bits per heavy atom. The number of hydrogen-bond donors (Lipinski definition) is 0. The zero-order chi connectivity index (χ0) is 17.0. The minimum atomic E-state index is -0.171. The van der Waals surface area contributed by atoms with Gasteiger partial charge in [-0.1, -0.05) is 41.5 Å². The fraction of sp³-hybridized carbons (Fsp3) is 0.900. The molecule has 0 radical (unpaired) electrons. The standard InChI is InChI=1S/C20H30O2S/c1-17(2)11-7-9-19(17,5)15(21)13(11)23-14-12-8-10-20(6,16(14)22)18(12,3)4/h11-14H,7-10H2,1-6H3/t11-,12-,13+,14+,19+,20+/m1/s1. The number of thioether (sulfide) groups is 1. The number of hydrogen-bond acceptors (Lipinski definition) is 3. The molecule has 0 spiro atoms. The van der Waals surface area contributed by atoms with E-state index in [9.17, 15) is 9.59 Å². The summed E-state index contributed by atoms with van der Waals surface area (Å²) in [4.78, 5) is 26.2. The maximum atomic E-state index is 13.1. The highest BCUT2D eigenvalue weighted by molar-refractivity contribution is 8.02. The van der Waals surface area contributed by atoms with Crippen LogP contribution in [0.4, 0.5) is 0 Å². The van der Waals surface area contributed by atoms with Gasteiger partial charge < -0.3 is 0 Å². The predicted molar refractivity (Wildman–Crippen MR) is 94.4 cm³/mol. The molecule has 4 bridgehead atoms. The lowest BCUT2D eigenvalue weighted by molar-refractivity contribution is -0.128. The van der Waals surface area contributed by atoms with Crippen LogP contribution in [0.5, 0.6) is 0 Å². The molecule has 0 aromatic carbocycles. The Labute approximate surface area is 144 Å². The molecule has 0 amide bonds. The van der Waals surface area contributed by atoms with Crippen molar-refractivity contribution < 1.29 is 9.59 Å². The molecule has 0 aromatic rings. The maximum absolute atomic E-state index is 13.1. The Hall–Kier alpha value is -0.310. The molecule has 4 aliphatic rings. The molecule has 0 N–H and O–H groups in total. The third kappa shape index (κ3) is 1.55. The molecule has 0 saturated heterocycles. The molecule has 6 atom stereocenters. The molecule has 4 saturated carbocycles. The monoisotopic (exact) mass is 334 g/mol. The lowest BCUT2D eigenvalue weighted by atomic mass is 9.70. The molecule has 128 valence electrons. The highest BCUT2D eigenvalue weighted by Gasteiger charge is 2.70. The Morgan fingerprint density at radius 1 is 0.739 bits per heavy atom. The second-order valence-corrected chi connectivity index (χ2v) is 11.4. The van der Waals surface area contributed by atoms with Crippen LogP contribution in [0, 0.1) is 33.5 Å². The van der Waals surface area contributed by atoms with Crippen molar-refractivity contribution in [2.24, 2.45) is 33.5 Å². The average molecular weight is 335 g/mol. The lowest BCUT2D eigenvalue weighted by Gasteiger charge is -2.32. The van der Waals surface area contributed by atoms with E-state index in [0.29, 0.717) is 23.4 Å². The molecule has 3 heteroatoms. The summed E-state index contributed by atoms with van der Waals surface area (Å²) in [6.07, 6.45) is 4.37. The van der Waals surface area contributed by atoms with Gasteiger partial charge in [-0.15, -0.1) is 11.8 Å². The second kappa shape index (κ2) is 4.26. The molecular weight excluding hydrogens is 304 g/mol. The van der Waals surface area contributed by atoms with E-state index in [2.05, 4.69) is 41.5 Å². The first kappa shape index (κ1) is 16.2. The van der Waals surface area contributed by atoms with Crippen LogP contribution < -0.4 is 0 Å². The van der Waals surface area contributed by atoms with Gasteiger partial charge in [-0.25, -0.2) is 0 Å². The van der Waals surface area contributed by atoms with Crippen molar-refractivity contribution >= 4 is 23.3 Å². The van der Waals surface area contributed by atoms with Gasteiger partial charge >= 0.3 is 0 Å². The van der Waals surface area contributed by atoms with Crippen molar-refractivity contribution in [2.45, 2.75) is 77.7 Å². The number of Topliss-reactive ketones (excluding diaryl/α,β-unsaturated/α-hetero) is 2. The third-order valence-corrected chi connectivity index (χ3v) is 10.9. The van der Waals surface area contributed by atoms with Crippen LogP contribution in [0.2, 0.25) is 0 Å². The van der Waals surface area contributed by atoms with Crippen molar-refractivity contribution in [3.63, 3.8) is 0 Å². The number of carbonyl (C=O) groups excluding carboxylic acids is 2. The number of carbonyl (C=O) groups is 2. The van der Waals surface area contributed by atoms with E-state index >= 15 is 0 Å². The number of fused-ring (bicyclic) bond motifs is 4. The first-order valence-electron chi connectivity index (χ1n) is 9.22. The van der Waals surface area contributed by atoms with Crippen LogP contribution in [0.3, 0.4) is 0 Å². The SMILES string of the molecule is CC1(C)[C@@H]2CC[C@@]1(C)C(=O)[C@H]2S[C@@H]1C(=O)[C@]2(C)CC[C@H]1C2(C)C. The van der Waals surface area contributed by atoms with Crippen molar-refractivity contribution in [3.05, 3.63) is 0 Å². The summed E-state index contributed by atoms with van der Waals surface area (Å²) in [5, 5.41) is 0.105. The van der Waals surface area contributed by atoms with E-state index in [4.69, 9.17) is 0 Å². The molecule has 2 nitrogen and oxygen atoms in total. The minimum absolute atomic E-state index is 0.0523. The second-order valence-electron chi connectivity index (χ2n) is 10.1. The van der Waals surface area contributed by atoms with Crippen LogP contribution in [-0.4, -0.2) is 22.1 Å². The summed E-state index contributed by atoms with van der Waals surface area (Å²) in [6, 6.07) is 0. The smallest absolute Gasteiger partial charge is 0.152 e. The van der Waals surface area contributed by atoms with Gasteiger partial charge in [0.05, 0.1) is 10.5 Å². The predicted octanol–water partition coefficient (Wildman–Crippen LogP) is 4.51. The topological polar surface area (TPSA) is 34.1 Å². The molecule has 0 heterocycles. The summed E-state index contributed by atoms with van der Waals surface area (Å²) < 4.78 is 0. The van der Waals surface area contributed by atoms with E-state index in [1.807, 2.05) is 0 Å². The van der Waals surface area contributed by atoms with Crippen molar-refractivity contribution in [3.8, 4) is 0 Å². The van der Waals surface area contributed by atoms with E-state index in [0.717, 1.165) is 25.7 Å². The van der Waals surface area contributed by atoms with E-state index < -0.39 is 0 Å². The number of ketones is 2. The molecular formula is C20H30O2S. The van der Waals surface area contributed by atoms with Crippen molar-refractivity contribution in [2.75, 3.05) is 0 Å². The summed E-state index contributed by atoms with van der Waals surface area (Å²) in [6.45, 7) is 13.4. The molecule has 0 aliphatic heterocycles.